The highest BCUT2D eigenvalue weighted by atomic mass is 16.5. The van der Waals surface area contributed by atoms with Gasteiger partial charge in [0.25, 0.3) is 0 Å². The molecule has 0 fully saturated rings. The molecule has 0 saturated carbocycles. The predicted octanol–water partition coefficient (Wildman–Crippen LogP) is 1.81. The molecule has 108 valence electrons. The van der Waals surface area contributed by atoms with E-state index in [1.807, 2.05) is 24.3 Å². The molecule has 6 heteroatoms. The van der Waals surface area contributed by atoms with Crippen LogP contribution in [0.25, 0.3) is 0 Å². The molecular weight excluding hydrogens is 260 g/mol. The van der Waals surface area contributed by atoms with Crippen LogP contribution < -0.4 is 10.6 Å². The minimum Gasteiger partial charge on any atom is -0.450 e. The quantitative estimate of drug-likeness (QED) is 0.832. The molecule has 2 radical (unpaired) electrons. The fraction of sp³-hybridized carbons (Fsp3) is 0.286. The molecule has 0 bridgehead atoms. The summed E-state index contributed by atoms with van der Waals surface area (Å²) in [5.74, 6) is 0. The number of carbonyl (C=O) groups is 2. The summed E-state index contributed by atoms with van der Waals surface area (Å²) in [6.45, 7) is 7.68. The zero-order valence-corrected chi connectivity index (χ0v) is 11.2. The van der Waals surface area contributed by atoms with Crippen molar-refractivity contribution in [2.45, 2.75) is 13.1 Å². The van der Waals surface area contributed by atoms with E-state index in [9.17, 15) is 9.59 Å². The molecule has 0 heterocycles. The van der Waals surface area contributed by atoms with Gasteiger partial charge in [0.1, 0.15) is 0 Å². The van der Waals surface area contributed by atoms with E-state index < -0.39 is 12.2 Å². The van der Waals surface area contributed by atoms with E-state index in [0.717, 1.165) is 11.1 Å². The van der Waals surface area contributed by atoms with E-state index in [1.165, 1.54) is 0 Å². The fourth-order valence-electron chi connectivity index (χ4n) is 1.49. The average molecular weight is 278 g/mol. The number of ether oxygens (including phenoxy) is 2. The normalized spacial score (nSPS) is 9.70. The maximum absolute atomic E-state index is 11.1. The van der Waals surface area contributed by atoms with Crippen molar-refractivity contribution < 1.29 is 19.1 Å². The van der Waals surface area contributed by atoms with E-state index in [4.69, 9.17) is 0 Å². The van der Waals surface area contributed by atoms with Gasteiger partial charge >= 0.3 is 12.2 Å². The lowest BCUT2D eigenvalue weighted by Crippen LogP contribution is -2.24. The van der Waals surface area contributed by atoms with Crippen molar-refractivity contribution in [3.05, 3.63) is 49.2 Å². The van der Waals surface area contributed by atoms with Gasteiger partial charge in [0.05, 0.1) is 13.2 Å². The van der Waals surface area contributed by atoms with Crippen LogP contribution in [0.5, 0.6) is 0 Å². The third-order valence-electron chi connectivity index (χ3n) is 2.33. The largest absolute Gasteiger partial charge is 0.450 e. The summed E-state index contributed by atoms with van der Waals surface area (Å²) >= 11 is 0. The summed E-state index contributed by atoms with van der Waals surface area (Å²) in [4.78, 5) is 22.3. The van der Waals surface area contributed by atoms with Crippen LogP contribution in [-0.2, 0) is 22.6 Å². The Morgan fingerprint density at radius 3 is 1.80 bits per heavy atom. The first-order chi connectivity index (χ1) is 9.65. The van der Waals surface area contributed by atoms with Gasteiger partial charge in [-0.2, -0.15) is 0 Å². The smallest absolute Gasteiger partial charge is 0.407 e. The Balaban J connectivity index is 2.45. The highest BCUT2D eigenvalue weighted by Crippen LogP contribution is 2.05. The lowest BCUT2D eigenvalue weighted by atomic mass is 10.1. The minimum atomic E-state index is -0.512. The second-order valence-electron chi connectivity index (χ2n) is 3.80. The Hall–Kier alpha value is -2.24. The topological polar surface area (TPSA) is 76.7 Å². The maximum atomic E-state index is 11.1. The van der Waals surface area contributed by atoms with Crippen molar-refractivity contribution in [1.29, 1.82) is 0 Å². The van der Waals surface area contributed by atoms with Crippen LogP contribution in [-0.4, -0.2) is 25.4 Å². The van der Waals surface area contributed by atoms with Crippen LogP contribution in [0.15, 0.2) is 24.3 Å². The zero-order valence-electron chi connectivity index (χ0n) is 11.2. The number of alkyl carbamates (subject to hydrolysis) is 2. The summed E-state index contributed by atoms with van der Waals surface area (Å²) < 4.78 is 9.32. The summed E-state index contributed by atoms with van der Waals surface area (Å²) in [5.41, 5.74) is 1.80. The molecule has 0 atom stereocenters. The highest BCUT2D eigenvalue weighted by molar-refractivity contribution is 5.67. The molecule has 0 unspecified atom stereocenters. The Labute approximate surface area is 118 Å². The lowest BCUT2D eigenvalue weighted by molar-refractivity contribution is 0.156. The van der Waals surface area contributed by atoms with E-state index in [1.54, 1.807) is 0 Å². The van der Waals surface area contributed by atoms with Crippen LogP contribution >= 0.6 is 0 Å². The van der Waals surface area contributed by atoms with Gasteiger partial charge in [-0.15, -0.1) is 0 Å². The van der Waals surface area contributed by atoms with Gasteiger partial charge in [-0.05, 0) is 25.0 Å². The van der Waals surface area contributed by atoms with Crippen molar-refractivity contribution in [2.75, 3.05) is 13.2 Å². The third kappa shape index (κ3) is 6.08. The Bertz CT molecular complexity index is 411. The number of carbonyl (C=O) groups excluding carboxylic acids is 2. The molecule has 2 amide bonds. The highest BCUT2D eigenvalue weighted by Gasteiger charge is 2.03. The van der Waals surface area contributed by atoms with E-state index in [-0.39, 0.29) is 13.2 Å². The van der Waals surface area contributed by atoms with E-state index in [0.29, 0.717) is 13.1 Å². The molecule has 20 heavy (non-hydrogen) atoms. The molecule has 1 aromatic carbocycles. The standard InChI is InChI=1S/C14H18N2O4/c1-3-19-13(17)15-9-11-6-5-7-12(8-11)10-16-14(18)20-4-2/h5-8H,1-4,9-10H2,(H,15,17)(H,16,18). The molecule has 0 aliphatic heterocycles. The monoisotopic (exact) mass is 278 g/mol. The van der Waals surface area contributed by atoms with Crippen molar-refractivity contribution in [2.24, 2.45) is 0 Å². The molecule has 2 N–H and O–H groups in total. The minimum absolute atomic E-state index is 0.0875. The van der Waals surface area contributed by atoms with Gasteiger partial charge in [0, 0.05) is 13.1 Å². The second kappa shape index (κ2) is 8.79. The van der Waals surface area contributed by atoms with Crippen molar-refractivity contribution in [1.82, 2.24) is 10.6 Å². The summed E-state index contributed by atoms with van der Waals surface area (Å²) in [7, 11) is 0. The molecule has 0 aliphatic carbocycles. The van der Waals surface area contributed by atoms with Crippen molar-refractivity contribution >= 4 is 12.2 Å². The van der Waals surface area contributed by atoms with Gasteiger partial charge in [-0.25, -0.2) is 9.59 Å². The summed E-state index contributed by atoms with van der Waals surface area (Å²) in [5, 5.41) is 5.18. The molecule has 1 aromatic rings. The van der Waals surface area contributed by atoms with Crippen LogP contribution in [0.4, 0.5) is 9.59 Å². The number of nitrogens with one attached hydrogen (secondary N) is 2. The molecule has 1 rings (SSSR count). The first kappa shape index (κ1) is 15.8. The van der Waals surface area contributed by atoms with E-state index >= 15 is 0 Å². The molecule has 0 spiro atoms. The number of hydrogen-bond donors (Lipinski definition) is 2. The Kier molecular flexibility index (Phi) is 6.95. The second-order valence-corrected chi connectivity index (χ2v) is 3.80. The Morgan fingerprint density at radius 1 is 0.950 bits per heavy atom. The summed E-state index contributed by atoms with van der Waals surface area (Å²) in [6.07, 6.45) is -1.02. The Morgan fingerprint density at radius 2 is 1.40 bits per heavy atom. The predicted molar refractivity (Wildman–Crippen MR) is 73.5 cm³/mol. The number of hydrogen-bond acceptors (Lipinski definition) is 4. The average Bonchev–Trinajstić information content (AvgIpc) is 2.44. The van der Waals surface area contributed by atoms with Gasteiger partial charge in [-0.1, -0.05) is 24.3 Å². The number of benzene rings is 1. The molecule has 0 saturated heterocycles. The number of amides is 2. The first-order valence-corrected chi connectivity index (χ1v) is 6.13. The van der Waals surface area contributed by atoms with Crippen LogP contribution in [0.3, 0.4) is 0 Å². The van der Waals surface area contributed by atoms with Crippen LogP contribution in [0.2, 0.25) is 0 Å². The zero-order chi connectivity index (χ0) is 14.8. The molecule has 0 aromatic heterocycles. The fourth-order valence-corrected chi connectivity index (χ4v) is 1.49. The molecule has 0 aliphatic rings. The van der Waals surface area contributed by atoms with E-state index in [2.05, 4.69) is 34.0 Å². The van der Waals surface area contributed by atoms with Crippen molar-refractivity contribution in [3.63, 3.8) is 0 Å². The first-order valence-electron chi connectivity index (χ1n) is 6.13. The molecular formula is C14H18N2O4. The SMILES string of the molecule is [CH2]COC(=O)NCc1cccc(CNC(=O)OC[CH2])c1. The number of rotatable bonds is 6. The lowest BCUT2D eigenvalue weighted by Gasteiger charge is -2.08. The third-order valence-corrected chi connectivity index (χ3v) is 2.33. The van der Waals surface area contributed by atoms with Gasteiger partial charge in [-0.3, -0.25) is 0 Å². The van der Waals surface area contributed by atoms with Crippen LogP contribution in [0.1, 0.15) is 11.1 Å². The summed E-state index contributed by atoms with van der Waals surface area (Å²) in [6, 6.07) is 7.44. The maximum Gasteiger partial charge on any atom is 0.407 e. The van der Waals surface area contributed by atoms with Crippen molar-refractivity contribution in [3.8, 4) is 0 Å². The van der Waals surface area contributed by atoms with Crippen LogP contribution in [0, 0.1) is 13.8 Å². The van der Waals surface area contributed by atoms with Gasteiger partial charge in [0.15, 0.2) is 0 Å². The van der Waals surface area contributed by atoms with Gasteiger partial charge < -0.3 is 20.1 Å². The molecule has 6 nitrogen and oxygen atoms in total. The van der Waals surface area contributed by atoms with Gasteiger partial charge in [0.2, 0.25) is 0 Å².